The lowest BCUT2D eigenvalue weighted by molar-refractivity contribution is -0.116. The van der Waals surface area contributed by atoms with Crippen molar-refractivity contribution in [3.05, 3.63) is 84.3 Å². The van der Waals surface area contributed by atoms with E-state index in [2.05, 4.69) is 20.8 Å². The number of ether oxygens (including phenoxy) is 1. The fourth-order valence-corrected chi connectivity index (χ4v) is 3.57. The second kappa shape index (κ2) is 8.27. The summed E-state index contributed by atoms with van der Waals surface area (Å²) < 4.78 is 12.6. The Hall–Kier alpha value is -4.20. The lowest BCUT2D eigenvalue weighted by Gasteiger charge is -2.27. The summed E-state index contributed by atoms with van der Waals surface area (Å²) in [4.78, 5) is 13.5. The van der Waals surface area contributed by atoms with Crippen LogP contribution in [0.2, 0.25) is 0 Å². The molecule has 0 saturated carbocycles. The van der Waals surface area contributed by atoms with Gasteiger partial charge in [-0.3, -0.25) is 4.79 Å². The van der Waals surface area contributed by atoms with E-state index >= 15 is 0 Å². The number of carbonyl (C=O) groups excluding carboxylic acids is 1. The fraction of sp³-hybridized carbons (Fsp3) is 0.130. The van der Waals surface area contributed by atoms with Crippen LogP contribution < -0.4 is 10.1 Å². The average Bonchev–Trinajstić information content (AvgIpc) is 3.50. The minimum atomic E-state index is -0.317. The van der Waals surface area contributed by atoms with Crippen LogP contribution in [0.3, 0.4) is 0 Å². The number of furan rings is 1. The topological polar surface area (TPSA) is 95.1 Å². The zero-order valence-corrected chi connectivity index (χ0v) is 16.5. The Balaban J connectivity index is 1.52. The van der Waals surface area contributed by atoms with E-state index in [1.165, 1.54) is 4.68 Å². The lowest BCUT2D eigenvalue weighted by atomic mass is 10.0. The summed E-state index contributed by atoms with van der Waals surface area (Å²) in [7, 11) is 0. The molecule has 5 rings (SSSR count). The number of hydrogen-bond acceptors (Lipinski definition) is 6. The Morgan fingerprint density at radius 1 is 1.06 bits per heavy atom. The molecule has 4 aromatic rings. The van der Waals surface area contributed by atoms with Gasteiger partial charge in [0, 0.05) is 23.6 Å². The van der Waals surface area contributed by atoms with Crippen LogP contribution in [-0.2, 0) is 4.79 Å². The minimum absolute atomic E-state index is 0.186. The molecular formula is C23H19N5O3. The van der Waals surface area contributed by atoms with Gasteiger partial charge in [-0.25, -0.2) is 0 Å². The van der Waals surface area contributed by atoms with Gasteiger partial charge in [-0.2, -0.15) is 4.68 Å². The first kappa shape index (κ1) is 18.8. The summed E-state index contributed by atoms with van der Waals surface area (Å²) in [5.74, 6) is 1.44. The standard InChI is InChI=1S/C23H19N5O3/c29-23(24-19-12-14-31-21-11-5-4-10-18(19)21)20(15-17-9-6-13-30-17)28-22(25-26-27-28)16-7-2-1-3-8-16/h1-11,13,15,19H,12,14H2,(H,24,29)/b20-15-/t19-/m1/s1. The number of nitrogens with one attached hydrogen (secondary N) is 1. The van der Waals surface area contributed by atoms with Gasteiger partial charge >= 0.3 is 0 Å². The highest BCUT2D eigenvalue weighted by atomic mass is 16.5. The average molecular weight is 413 g/mol. The summed E-state index contributed by atoms with van der Waals surface area (Å²) in [5.41, 5.74) is 1.99. The highest BCUT2D eigenvalue weighted by molar-refractivity contribution is 6.18. The molecular weight excluding hydrogens is 394 g/mol. The molecule has 2 aromatic heterocycles. The maximum Gasteiger partial charge on any atom is 0.270 e. The molecule has 154 valence electrons. The lowest BCUT2D eigenvalue weighted by Crippen LogP contribution is -2.34. The molecule has 0 spiro atoms. The van der Waals surface area contributed by atoms with E-state index < -0.39 is 0 Å². The van der Waals surface area contributed by atoms with Crippen LogP contribution in [0, 0.1) is 0 Å². The highest BCUT2D eigenvalue weighted by Gasteiger charge is 2.26. The zero-order chi connectivity index (χ0) is 21.0. The Kier molecular flexibility index (Phi) is 5.02. The number of fused-ring (bicyclic) bond motifs is 1. The normalized spacial score (nSPS) is 15.7. The van der Waals surface area contributed by atoms with Crippen LogP contribution >= 0.6 is 0 Å². The summed E-state index contributed by atoms with van der Waals surface area (Å²) in [5, 5.41) is 15.1. The van der Waals surface area contributed by atoms with Gasteiger partial charge in [-0.15, -0.1) is 5.10 Å². The van der Waals surface area contributed by atoms with Crippen molar-refractivity contribution in [1.82, 2.24) is 25.5 Å². The van der Waals surface area contributed by atoms with Crippen LogP contribution in [0.25, 0.3) is 23.2 Å². The van der Waals surface area contributed by atoms with E-state index in [4.69, 9.17) is 9.15 Å². The van der Waals surface area contributed by atoms with Crippen molar-refractivity contribution >= 4 is 17.7 Å². The third kappa shape index (κ3) is 3.83. The van der Waals surface area contributed by atoms with Gasteiger partial charge in [-0.1, -0.05) is 48.5 Å². The summed E-state index contributed by atoms with van der Waals surface area (Å²) >= 11 is 0. The molecule has 0 fully saturated rings. The number of para-hydroxylation sites is 1. The fourth-order valence-electron chi connectivity index (χ4n) is 3.57. The van der Waals surface area contributed by atoms with Crippen molar-refractivity contribution in [2.45, 2.75) is 12.5 Å². The summed E-state index contributed by atoms with van der Waals surface area (Å²) in [6.07, 6.45) is 3.84. The van der Waals surface area contributed by atoms with Gasteiger partial charge in [0.1, 0.15) is 17.2 Å². The molecule has 0 bridgehead atoms. The molecule has 31 heavy (non-hydrogen) atoms. The van der Waals surface area contributed by atoms with E-state index in [-0.39, 0.29) is 17.6 Å². The van der Waals surface area contributed by atoms with E-state index in [1.54, 1.807) is 24.5 Å². The maximum absolute atomic E-state index is 13.5. The predicted octanol–water partition coefficient (Wildman–Crippen LogP) is 3.57. The van der Waals surface area contributed by atoms with Crippen LogP contribution in [0.1, 0.15) is 23.8 Å². The number of amides is 1. The van der Waals surface area contributed by atoms with Crippen molar-refractivity contribution in [3.8, 4) is 17.1 Å². The van der Waals surface area contributed by atoms with E-state index in [1.807, 2.05) is 54.6 Å². The van der Waals surface area contributed by atoms with E-state index in [0.29, 0.717) is 24.6 Å². The molecule has 3 heterocycles. The molecule has 8 heteroatoms. The molecule has 1 aliphatic heterocycles. The first-order valence-electron chi connectivity index (χ1n) is 9.91. The van der Waals surface area contributed by atoms with E-state index in [0.717, 1.165) is 16.9 Å². The third-order valence-electron chi connectivity index (χ3n) is 5.05. The molecule has 2 aromatic carbocycles. The van der Waals surface area contributed by atoms with Crippen LogP contribution in [0.15, 0.2) is 77.4 Å². The van der Waals surface area contributed by atoms with Crippen LogP contribution in [0.5, 0.6) is 5.75 Å². The Morgan fingerprint density at radius 3 is 2.74 bits per heavy atom. The number of hydrogen-bond donors (Lipinski definition) is 1. The number of aromatic nitrogens is 4. The smallest absolute Gasteiger partial charge is 0.270 e. The van der Waals surface area contributed by atoms with Gasteiger partial charge < -0.3 is 14.5 Å². The van der Waals surface area contributed by atoms with Gasteiger partial charge in [0.05, 0.1) is 18.9 Å². The molecule has 8 nitrogen and oxygen atoms in total. The van der Waals surface area contributed by atoms with Gasteiger partial charge in [0.2, 0.25) is 0 Å². The van der Waals surface area contributed by atoms with Crippen molar-refractivity contribution in [2.75, 3.05) is 6.61 Å². The number of nitrogens with zero attached hydrogens (tertiary/aromatic N) is 4. The Bertz CT molecular complexity index is 1220. The van der Waals surface area contributed by atoms with Crippen molar-refractivity contribution in [3.63, 3.8) is 0 Å². The largest absolute Gasteiger partial charge is 0.493 e. The molecule has 1 aliphatic rings. The SMILES string of the molecule is O=C(N[C@@H]1CCOc2ccccc21)/C(=C/c1ccco1)n1nnnc1-c1ccccc1. The molecule has 1 N–H and O–H groups in total. The molecule has 1 amide bonds. The number of rotatable bonds is 5. The Morgan fingerprint density at radius 2 is 1.90 bits per heavy atom. The monoisotopic (exact) mass is 413 g/mol. The third-order valence-corrected chi connectivity index (χ3v) is 5.05. The van der Waals surface area contributed by atoms with Gasteiger partial charge in [-0.05, 0) is 28.6 Å². The highest BCUT2D eigenvalue weighted by Crippen LogP contribution is 2.32. The van der Waals surface area contributed by atoms with Crippen LogP contribution in [-0.4, -0.2) is 32.7 Å². The van der Waals surface area contributed by atoms with Crippen molar-refractivity contribution < 1.29 is 13.9 Å². The second-order valence-corrected chi connectivity index (χ2v) is 7.03. The van der Waals surface area contributed by atoms with Crippen molar-refractivity contribution in [2.24, 2.45) is 0 Å². The molecule has 0 unspecified atom stereocenters. The maximum atomic E-state index is 13.5. The van der Waals surface area contributed by atoms with Gasteiger partial charge in [0.15, 0.2) is 5.82 Å². The summed E-state index contributed by atoms with van der Waals surface area (Å²) in [6, 6.07) is 20.5. The number of carbonyl (C=O) groups is 1. The molecule has 0 aliphatic carbocycles. The Labute approximate surface area is 178 Å². The van der Waals surface area contributed by atoms with E-state index in [9.17, 15) is 4.79 Å². The predicted molar refractivity (Wildman–Crippen MR) is 114 cm³/mol. The molecule has 1 atom stereocenters. The summed E-state index contributed by atoms with van der Waals surface area (Å²) in [6.45, 7) is 0.527. The van der Waals surface area contributed by atoms with Crippen molar-refractivity contribution in [1.29, 1.82) is 0 Å². The minimum Gasteiger partial charge on any atom is -0.493 e. The molecule has 0 saturated heterocycles. The second-order valence-electron chi connectivity index (χ2n) is 7.03. The number of tetrazole rings is 1. The van der Waals surface area contributed by atoms with Gasteiger partial charge in [0.25, 0.3) is 5.91 Å². The molecule has 0 radical (unpaired) electrons. The van der Waals surface area contributed by atoms with Crippen LogP contribution in [0.4, 0.5) is 0 Å². The quantitative estimate of drug-likeness (QED) is 0.503. The first-order chi connectivity index (χ1) is 15.3. The zero-order valence-electron chi connectivity index (χ0n) is 16.5. The first-order valence-corrected chi connectivity index (χ1v) is 9.91. The number of benzene rings is 2.